The van der Waals surface area contributed by atoms with E-state index in [4.69, 9.17) is 13.9 Å². The highest BCUT2D eigenvalue weighted by Gasteiger charge is 2.19. The molecule has 0 aromatic carbocycles. The van der Waals surface area contributed by atoms with Gasteiger partial charge in [-0.3, -0.25) is 0 Å². The van der Waals surface area contributed by atoms with Gasteiger partial charge in [0.05, 0.1) is 12.8 Å². The van der Waals surface area contributed by atoms with E-state index in [1.165, 1.54) is 6.42 Å². The van der Waals surface area contributed by atoms with Crippen molar-refractivity contribution in [2.75, 3.05) is 33.4 Å². The van der Waals surface area contributed by atoms with Gasteiger partial charge in [-0.1, -0.05) is 0 Å². The number of rotatable bonds is 8. The highest BCUT2D eigenvalue weighted by atomic mass is 16.5. The first kappa shape index (κ1) is 14.5. The Kier molecular flexibility index (Phi) is 6.33. The third-order valence-electron chi connectivity index (χ3n) is 3.30. The summed E-state index contributed by atoms with van der Waals surface area (Å²) >= 11 is 0. The highest BCUT2D eigenvalue weighted by Crippen LogP contribution is 2.28. The first-order valence-corrected chi connectivity index (χ1v) is 7.16. The van der Waals surface area contributed by atoms with Crippen LogP contribution in [0.3, 0.4) is 0 Å². The predicted molar refractivity (Wildman–Crippen MR) is 72.1 cm³/mol. The molecule has 0 spiro atoms. The minimum absolute atomic E-state index is 0.120. The normalized spacial score (nSPS) is 19.7. The van der Waals surface area contributed by atoms with Gasteiger partial charge in [-0.05, 0) is 32.2 Å². The van der Waals surface area contributed by atoms with Crippen LogP contribution in [0.1, 0.15) is 43.4 Å². The van der Waals surface area contributed by atoms with Crippen molar-refractivity contribution in [1.82, 2.24) is 10.3 Å². The maximum absolute atomic E-state index is 5.76. The van der Waals surface area contributed by atoms with Gasteiger partial charge in [0, 0.05) is 26.7 Å². The number of oxazole rings is 1. The number of hydrogen-bond acceptors (Lipinski definition) is 5. The Morgan fingerprint density at radius 2 is 2.37 bits per heavy atom. The second-order valence-corrected chi connectivity index (χ2v) is 4.86. The Morgan fingerprint density at radius 3 is 3.16 bits per heavy atom. The van der Waals surface area contributed by atoms with Gasteiger partial charge >= 0.3 is 0 Å². The molecule has 1 unspecified atom stereocenters. The summed E-state index contributed by atoms with van der Waals surface area (Å²) in [5.41, 5.74) is 0. The number of nitrogens with zero attached hydrogens (tertiary/aromatic N) is 1. The molecule has 1 fully saturated rings. The maximum atomic E-state index is 5.76. The van der Waals surface area contributed by atoms with Crippen LogP contribution in [-0.2, 0) is 15.9 Å². The number of ether oxygens (including phenoxy) is 2. The van der Waals surface area contributed by atoms with E-state index in [2.05, 4.69) is 10.3 Å². The molecular formula is C14H24N2O3. The smallest absolute Gasteiger partial charge is 0.194 e. The zero-order valence-corrected chi connectivity index (χ0v) is 11.7. The average molecular weight is 268 g/mol. The van der Waals surface area contributed by atoms with E-state index in [1.54, 1.807) is 7.11 Å². The molecular weight excluding hydrogens is 244 g/mol. The lowest BCUT2D eigenvalue weighted by Gasteiger charge is -2.19. The van der Waals surface area contributed by atoms with Crippen LogP contribution in [0.25, 0.3) is 0 Å². The topological polar surface area (TPSA) is 56.5 Å². The molecule has 5 nitrogen and oxygen atoms in total. The molecule has 0 bridgehead atoms. The molecule has 1 aromatic heterocycles. The molecule has 0 amide bonds. The van der Waals surface area contributed by atoms with Crippen molar-refractivity contribution in [3.8, 4) is 0 Å². The predicted octanol–water partition coefficient (Wildman–Crippen LogP) is 2.08. The largest absolute Gasteiger partial charge is 0.443 e. The molecule has 1 aliphatic heterocycles. The highest BCUT2D eigenvalue weighted by molar-refractivity contribution is 4.99. The van der Waals surface area contributed by atoms with E-state index in [0.29, 0.717) is 0 Å². The summed E-state index contributed by atoms with van der Waals surface area (Å²) in [5, 5.41) is 3.31. The monoisotopic (exact) mass is 268 g/mol. The van der Waals surface area contributed by atoms with Gasteiger partial charge in [-0.25, -0.2) is 4.98 Å². The first-order chi connectivity index (χ1) is 9.40. The van der Waals surface area contributed by atoms with Gasteiger partial charge in [0.25, 0.3) is 0 Å². The molecule has 1 atom stereocenters. The number of aryl methyl sites for hydroxylation is 1. The van der Waals surface area contributed by atoms with E-state index >= 15 is 0 Å². The molecule has 0 saturated carbocycles. The number of aromatic nitrogens is 1. The summed E-state index contributed by atoms with van der Waals surface area (Å²) in [6.07, 6.45) is 7.25. The van der Waals surface area contributed by atoms with Gasteiger partial charge in [-0.15, -0.1) is 0 Å². The molecule has 1 N–H and O–H groups in total. The Balaban J connectivity index is 1.66. The molecule has 19 heavy (non-hydrogen) atoms. The van der Waals surface area contributed by atoms with Crippen LogP contribution in [0.5, 0.6) is 0 Å². The quantitative estimate of drug-likeness (QED) is 0.732. The Hall–Kier alpha value is -0.910. The van der Waals surface area contributed by atoms with Crippen molar-refractivity contribution < 1.29 is 13.9 Å². The lowest BCUT2D eigenvalue weighted by Crippen LogP contribution is -2.20. The van der Waals surface area contributed by atoms with Crippen LogP contribution in [0.15, 0.2) is 10.6 Å². The van der Waals surface area contributed by atoms with Crippen molar-refractivity contribution in [2.45, 2.75) is 38.2 Å². The second-order valence-electron chi connectivity index (χ2n) is 4.86. The summed E-state index contributed by atoms with van der Waals surface area (Å²) < 4.78 is 16.4. The fourth-order valence-electron chi connectivity index (χ4n) is 2.22. The third kappa shape index (κ3) is 4.93. The minimum Gasteiger partial charge on any atom is -0.443 e. The number of hydrogen-bond donors (Lipinski definition) is 1. The van der Waals surface area contributed by atoms with Crippen LogP contribution < -0.4 is 5.32 Å². The second kappa shape index (κ2) is 8.30. The third-order valence-corrected chi connectivity index (χ3v) is 3.30. The lowest BCUT2D eigenvalue weighted by atomic mass is 10.1. The van der Waals surface area contributed by atoms with Gasteiger partial charge in [0.15, 0.2) is 11.7 Å². The summed E-state index contributed by atoms with van der Waals surface area (Å²) in [5.74, 6) is 1.71. The summed E-state index contributed by atoms with van der Waals surface area (Å²) in [4.78, 5) is 4.33. The molecule has 2 heterocycles. The molecule has 2 rings (SSSR count). The Bertz CT molecular complexity index is 348. The molecule has 5 heteroatoms. The van der Waals surface area contributed by atoms with Gasteiger partial charge in [-0.2, -0.15) is 0 Å². The van der Waals surface area contributed by atoms with E-state index in [-0.39, 0.29) is 6.10 Å². The van der Waals surface area contributed by atoms with Crippen molar-refractivity contribution in [3.05, 3.63) is 17.8 Å². The standard InChI is InChI=1S/C14H24N2O3/c1-17-10-8-15-7-4-6-14-16-11-13(19-14)12-5-2-3-9-18-12/h11-12,15H,2-10H2,1H3. The zero-order valence-electron chi connectivity index (χ0n) is 11.7. The van der Waals surface area contributed by atoms with Crippen molar-refractivity contribution in [3.63, 3.8) is 0 Å². The van der Waals surface area contributed by atoms with E-state index in [1.807, 2.05) is 6.20 Å². The summed E-state index contributed by atoms with van der Waals surface area (Å²) in [6, 6.07) is 0. The Morgan fingerprint density at radius 1 is 1.42 bits per heavy atom. The SMILES string of the molecule is COCCNCCCc1ncc(C2CCCCO2)o1. The van der Waals surface area contributed by atoms with Gasteiger partial charge < -0.3 is 19.2 Å². The number of methoxy groups -OCH3 is 1. The lowest BCUT2D eigenvalue weighted by molar-refractivity contribution is 0.00127. The van der Waals surface area contributed by atoms with Crippen molar-refractivity contribution in [2.24, 2.45) is 0 Å². The van der Waals surface area contributed by atoms with Crippen LogP contribution in [-0.4, -0.2) is 38.4 Å². The van der Waals surface area contributed by atoms with Crippen molar-refractivity contribution >= 4 is 0 Å². The van der Waals surface area contributed by atoms with E-state index in [0.717, 1.165) is 63.6 Å². The molecule has 1 saturated heterocycles. The van der Waals surface area contributed by atoms with E-state index < -0.39 is 0 Å². The van der Waals surface area contributed by atoms with Crippen LogP contribution in [0, 0.1) is 0 Å². The van der Waals surface area contributed by atoms with Gasteiger partial charge in [0.1, 0.15) is 6.10 Å². The number of nitrogens with one attached hydrogen (secondary N) is 1. The minimum atomic E-state index is 0.120. The molecule has 1 aliphatic rings. The maximum Gasteiger partial charge on any atom is 0.194 e. The molecule has 108 valence electrons. The molecule has 0 radical (unpaired) electrons. The van der Waals surface area contributed by atoms with Crippen LogP contribution in [0.4, 0.5) is 0 Å². The zero-order chi connectivity index (χ0) is 13.3. The van der Waals surface area contributed by atoms with Crippen molar-refractivity contribution in [1.29, 1.82) is 0 Å². The van der Waals surface area contributed by atoms with Crippen LogP contribution >= 0.6 is 0 Å². The fourth-order valence-corrected chi connectivity index (χ4v) is 2.22. The molecule has 0 aliphatic carbocycles. The Labute approximate surface area is 114 Å². The summed E-state index contributed by atoms with van der Waals surface area (Å²) in [7, 11) is 1.71. The van der Waals surface area contributed by atoms with Crippen LogP contribution in [0.2, 0.25) is 0 Å². The average Bonchev–Trinajstić information content (AvgIpc) is 2.92. The van der Waals surface area contributed by atoms with Gasteiger partial charge in [0.2, 0.25) is 0 Å². The summed E-state index contributed by atoms with van der Waals surface area (Å²) in [6.45, 7) is 3.44. The first-order valence-electron chi connectivity index (χ1n) is 7.16. The van der Waals surface area contributed by atoms with E-state index in [9.17, 15) is 0 Å². The molecule has 1 aromatic rings. The fraction of sp³-hybridized carbons (Fsp3) is 0.786.